The maximum absolute atomic E-state index is 12.5. The van der Waals surface area contributed by atoms with Gasteiger partial charge in [0.2, 0.25) is 11.8 Å². The summed E-state index contributed by atoms with van der Waals surface area (Å²) in [4.78, 5) is 41.6. The third-order valence-electron chi connectivity index (χ3n) is 4.40. The molecule has 0 aromatic rings. The van der Waals surface area contributed by atoms with Gasteiger partial charge in [0, 0.05) is 13.1 Å². The molecule has 0 aliphatic carbocycles. The van der Waals surface area contributed by atoms with Crippen LogP contribution < -0.4 is 22.5 Å². The summed E-state index contributed by atoms with van der Waals surface area (Å²) in [6.45, 7) is 4.40. The fourth-order valence-electron chi connectivity index (χ4n) is 2.81. The molecule has 148 valence electrons. The Morgan fingerprint density at radius 2 is 1.96 bits per heavy atom. The molecule has 1 heterocycles. The summed E-state index contributed by atoms with van der Waals surface area (Å²) in [5, 5.41) is 11.8. The van der Waals surface area contributed by atoms with E-state index in [-0.39, 0.29) is 30.8 Å². The fraction of sp³-hybridized carbons (Fsp3) is 0.750. The number of nitrogens with two attached hydrogens (primary N) is 3. The molecule has 1 fully saturated rings. The van der Waals surface area contributed by atoms with E-state index < -0.39 is 30.0 Å². The topological polar surface area (TPSA) is 177 Å². The molecule has 2 amide bonds. The van der Waals surface area contributed by atoms with Crippen molar-refractivity contribution in [3.63, 3.8) is 0 Å². The van der Waals surface area contributed by atoms with Crippen molar-refractivity contribution in [1.29, 1.82) is 0 Å². The maximum Gasteiger partial charge on any atom is 0.326 e. The first-order chi connectivity index (χ1) is 12.1. The van der Waals surface area contributed by atoms with Crippen LogP contribution in [0.2, 0.25) is 0 Å². The number of carbonyl (C=O) groups is 3. The van der Waals surface area contributed by atoms with Crippen LogP contribution in [0.5, 0.6) is 0 Å². The maximum atomic E-state index is 12.5. The van der Waals surface area contributed by atoms with Crippen LogP contribution in [0.3, 0.4) is 0 Å². The molecule has 0 aromatic carbocycles. The van der Waals surface area contributed by atoms with E-state index in [0.29, 0.717) is 25.8 Å². The lowest BCUT2D eigenvalue weighted by atomic mass is 10.0. The first-order valence-corrected chi connectivity index (χ1v) is 8.79. The number of carboxylic acid groups (broad SMARTS) is 1. The number of hydrogen-bond donors (Lipinski definition) is 5. The Hall–Kier alpha value is -2.36. The molecular weight excluding hydrogens is 340 g/mol. The van der Waals surface area contributed by atoms with Gasteiger partial charge in [0.05, 0.1) is 6.04 Å². The van der Waals surface area contributed by atoms with Gasteiger partial charge >= 0.3 is 5.97 Å². The van der Waals surface area contributed by atoms with Crippen LogP contribution in [-0.4, -0.2) is 65.0 Å². The highest BCUT2D eigenvalue weighted by molar-refractivity contribution is 5.92. The van der Waals surface area contributed by atoms with Crippen molar-refractivity contribution < 1.29 is 19.5 Å². The van der Waals surface area contributed by atoms with Crippen LogP contribution in [0.4, 0.5) is 0 Å². The number of hydrogen-bond acceptors (Lipinski definition) is 5. The van der Waals surface area contributed by atoms with Gasteiger partial charge in [0.25, 0.3) is 0 Å². The molecule has 10 nitrogen and oxygen atoms in total. The number of aliphatic carboxylic acids is 1. The Morgan fingerprint density at radius 3 is 2.50 bits per heavy atom. The smallest absolute Gasteiger partial charge is 0.326 e. The number of nitrogens with one attached hydrogen (secondary N) is 1. The zero-order valence-corrected chi connectivity index (χ0v) is 15.4. The van der Waals surface area contributed by atoms with E-state index in [4.69, 9.17) is 17.2 Å². The Labute approximate surface area is 153 Å². The van der Waals surface area contributed by atoms with E-state index in [0.717, 1.165) is 0 Å². The Morgan fingerprint density at radius 1 is 1.31 bits per heavy atom. The second-order valence-electron chi connectivity index (χ2n) is 6.81. The molecule has 1 aliphatic heterocycles. The van der Waals surface area contributed by atoms with E-state index in [1.807, 2.05) is 13.8 Å². The van der Waals surface area contributed by atoms with Crippen molar-refractivity contribution in [3.05, 3.63) is 0 Å². The highest BCUT2D eigenvalue weighted by Crippen LogP contribution is 2.20. The van der Waals surface area contributed by atoms with Crippen LogP contribution in [-0.2, 0) is 14.4 Å². The molecule has 1 rings (SSSR count). The summed E-state index contributed by atoms with van der Waals surface area (Å²) in [6, 6.07) is -2.43. The third-order valence-corrected chi connectivity index (χ3v) is 4.40. The zero-order valence-electron chi connectivity index (χ0n) is 15.4. The monoisotopic (exact) mass is 370 g/mol. The standard InChI is InChI=1S/C16H30N6O4/c1-9(2)12(17)14(24)22-8-4-6-11(22)13(23)21-10(15(25)26)5-3-7-20-16(18)19/h9-12H,3-8,17H2,1-2H3,(H,21,23)(H,25,26)(H4,18,19,20)/t10-,11-,12-/m0/s1. The first kappa shape index (κ1) is 21.7. The molecule has 26 heavy (non-hydrogen) atoms. The minimum absolute atomic E-state index is 0.0471. The number of guanidine groups is 1. The largest absolute Gasteiger partial charge is 0.480 e. The average molecular weight is 370 g/mol. The quantitative estimate of drug-likeness (QED) is 0.188. The molecule has 1 saturated heterocycles. The van der Waals surface area contributed by atoms with Gasteiger partial charge in [0.15, 0.2) is 5.96 Å². The second-order valence-corrected chi connectivity index (χ2v) is 6.81. The predicted octanol–water partition coefficient (Wildman–Crippen LogP) is -1.42. The second kappa shape index (κ2) is 9.95. The van der Waals surface area contributed by atoms with Crippen molar-refractivity contribution in [3.8, 4) is 0 Å². The molecule has 0 aromatic heterocycles. The summed E-state index contributed by atoms with van der Waals surface area (Å²) < 4.78 is 0. The van der Waals surface area contributed by atoms with Crippen LogP contribution in [0.1, 0.15) is 39.5 Å². The van der Waals surface area contributed by atoms with E-state index in [9.17, 15) is 19.5 Å². The van der Waals surface area contributed by atoms with Gasteiger partial charge in [-0.15, -0.1) is 0 Å². The van der Waals surface area contributed by atoms with Crippen molar-refractivity contribution in [2.75, 3.05) is 13.1 Å². The number of carboxylic acids is 1. The minimum atomic E-state index is -1.14. The summed E-state index contributed by atoms with van der Waals surface area (Å²) in [5.74, 6) is -2.01. The van der Waals surface area contributed by atoms with Gasteiger partial charge < -0.3 is 32.5 Å². The lowest BCUT2D eigenvalue weighted by Gasteiger charge is -2.28. The molecule has 3 atom stereocenters. The van der Waals surface area contributed by atoms with Gasteiger partial charge in [-0.1, -0.05) is 13.8 Å². The van der Waals surface area contributed by atoms with Gasteiger partial charge in [-0.3, -0.25) is 14.6 Å². The van der Waals surface area contributed by atoms with Crippen LogP contribution in [0.25, 0.3) is 0 Å². The number of nitrogens with zero attached hydrogens (tertiary/aromatic N) is 2. The van der Waals surface area contributed by atoms with Crippen molar-refractivity contribution in [2.45, 2.75) is 57.7 Å². The highest BCUT2D eigenvalue weighted by Gasteiger charge is 2.37. The Kier molecular flexibility index (Phi) is 8.30. The van der Waals surface area contributed by atoms with E-state index in [2.05, 4.69) is 10.3 Å². The number of aliphatic imine (C=N–C) groups is 1. The number of rotatable bonds is 9. The summed E-state index contributed by atoms with van der Waals surface area (Å²) in [5.41, 5.74) is 16.3. The number of likely N-dealkylation sites (tertiary alicyclic amines) is 1. The predicted molar refractivity (Wildman–Crippen MR) is 97.0 cm³/mol. The fourth-order valence-corrected chi connectivity index (χ4v) is 2.81. The molecule has 10 heteroatoms. The van der Waals surface area contributed by atoms with Gasteiger partial charge in [0.1, 0.15) is 12.1 Å². The minimum Gasteiger partial charge on any atom is -0.480 e. The number of amides is 2. The third kappa shape index (κ3) is 6.17. The van der Waals surface area contributed by atoms with E-state index >= 15 is 0 Å². The molecule has 1 aliphatic rings. The van der Waals surface area contributed by atoms with Gasteiger partial charge in [-0.25, -0.2) is 4.79 Å². The molecule has 0 saturated carbocycles. The summed E-state index contributed by atoms with van der Waals surface area (Å²) >= 11 is 0. The SMILES string of the molecule is CC(C)[C@H](N)C(=O)N1CCC[C@H]1C(=O)N[C@@H](CCCN=C(N)N)C(=O)O. The molecule has 0 unspecified atom stereocenters. The summed E-state index contributed by atoms with van der Waals surface area (Å²) in [7, 11) is 0. The van der Waals surface area contributed by atoms with Crippen LogP contribution >= 0.6 is 0 Å². The molecular formula is C16H30N6O4. The van der Waals surface area contributed by atoms with E-state index in [1.165, 1.54) is 4.90 Å². The van der Waals surface area contributed by atoms with E-state index in [1.54, 1.807) is 0 Å². The normalized spacial score (nSPS) is 19.1. The van der Waals surface area contributed by atoms with Crippen LogP contribution in [0, 0.1) is 5.92 Å². The first-order valence-electron chi connectivity index (χ1n) is 8.79. The lowest BCUT2D eigenvalue weighted by molar-refractivity contribution is -0.144. The van der Waals surface area contributed by atoms with Crippen LogP contribution in [0.15, 0.2) is 4.99 Å². The van der Waals surface area contributed by atoms with Gasteiger partial charge in [-0.05, 0) is 31.6 Å². The molecule has 0 spiro atoms. The molecule has 8 N–H and O–H groups in total. The zero-order chi connectivity index (χ0) is 19.9. The average Bonchev–Trinajstić information content (AvgIpc) is 3.05. The van der Waals surface area contributed by atoms with Gasteiger partial charge in [-0.2, -0.15) is 0 Å². The summed E-state index contributed by atoms with van der Waals surface area (Å²) in [6.07, 6.45) is 1.75. The lowest BCUT2D eigenvalue weighted by Crippen LogP contribution is -2.54. The van der Waals surface area contributed by atoms with Crippen molar-refractivity contribution >= 4 is 23.7 Å². The van der Waals surface area contributed by atoms with Crippen molar-refractivity contribution in [2.24, 2.45) is 28.1 Å². The Balaban J connectivity index is 2.68. The molecule has 0 bridgehead atoms. The van der Waals surface area contributed by atoms with Crippen molar-refractivity contribution in [1.82, 2.24) is 10.2 Å². The Bertz CT molecular complexity index is 547. The number of carbonyl (C=O) groups excluding carboxylic acids is 2. The highest BCUT2D eigenvalue weighted by atomic mass is 16.4. The molecule has 0 radical (unpaired) electrons.